The molecule has 3 heteroatoms. The Bertz CT molecular complexity index is 355. The van der Waals surface area contributed by atoms with E-state index >= 15 is 0 Å². The molecular formula is C13H19F2N. The van der Waals surface area contributed by atoms with E-state index in [-0.39, 0.29) is 11.5 Å². The van der Waals surface area contributed by atoms with Gasteiger partial charge in [-0.3, -0.25) is 0 Å². The molecule has 1 rings (SSSR count). The normalized spacial score (nSPS) is 13.9. The van der Waals surface area contributed by atoms with E-state index in [4.69, 9.17) is 5.73 Å². The summed E-state index contributed by atoms with van der Waals surface area (Å²) >= 11 is 0. The van der Waals surface area contributed by atoms with E-state index in [9.17, 15) is 8.78 Å². The summed E-state index contributed by atoms with van der Waals surface area (Å²) in [5.41, 5.74) is 6.36. The smallest absolute Gasteiger partial charge is 0.162 e. The van der Waals surface area contributed by atoms with Gasteiger partial charge in [-0.05, 0) is 29.9 Å². The van der Waals surface area contributed by atoms with Gasteiger partial charge in [-0.25, -0.2) is 8.78 Å². The number of aryl methyl sites for hydroxylation is 1. The van der Waals surface area contributed by atoms with Crippen LogP contribution in [0.3, 0.4) is 0 Å². The van der Waals surface area contributed by atoms with Gasteiger partial charge in [0.25, 0.3) is 0 Å². The highest BCUT2D eigenvalue weighted by atomic mass is 19.2. The fraction of sp³-hybridized carbons (Fsp3) is 0.538. The highest BCUT2D eigenvalue weighted by Gasteiger charge is 2.20. The first-order chi connectivity index (χ1) is 7.32. The molecule has 1 atom stereocenters. The Balaban J connectivity index is 2.65. The standard InChI is InChI=1S/C13H19F2N/c1-13(2,3)11(16)8-7-9-5-4-6-10(14)12(9)15/h4-6,11H,7-8,16H2,1-3H3. The zero-order chi connectivity index (χ0) is 12.3. The van der Waals surface area contributed by atoms with Crippen LogP contribution in [0.4, 0.5) is 8.78 Å². The fourth-order valence-corrected chi connectivity index (χ4v) is 1.49. The molecule has 0 amide bonds. The molecule has 0 heterocycles. The molecule has 0 aliphatic carbocycles. The number of benzene rings is 1. The predicted molar refractivity (Wildman–Crippen MR) is 62.1 cm³/mol. The van der Waals surface area contributed by atoms with E-state index in [1.54, 1.807) is 6.07 Å². The third-order valence-corrected chi connectivity index (χ3v) is 2.87. The molecule has 16 heavy (non-hydrogen) atoms. The highest BCUT2D eigenvalue weighted by molar-refractivity contribution is 5.19. The Hall–Kier alpha value is -0.960. The van der Waals surface area contributed by atoms with Gasteiger partial charge in [0.05, 0.1) is 0 Å². The van der Waals surface area contributed by atoms with Crippen molar-refractivity contribution in [1.82, 2.24) is 0 Å². The maximum Gasteiger partial charge on any atom is 0.162 e. The average molecular weight is 227 g/mol. The predicted octanol–water partition coefficient (Wildman–Crippen LogP) is 3.27. The Morgan fingerprint density at radius 1 is 1.25 bits per heavy atom. The topological polar surface area (TPSA) is 26.0 Å². The van der Waals surface area contributed by atoms with Gasteiger partial charge in [0.15, 0.2) is 11.6 Å². The van der Waals surface area contributed by atoms with Crippen LogP contribution in [-0.2, 0) is 6.42 Å². The van der Waals surface area contributed by atoms with Crippen LogP contribution < -0.4 is 5.73 Å². The van der Waals surface area contributed by atoms with Crippen LogP contribution in [-0.4, -0.2) is 6.04 Å². The van der Waals surface area contributed by atoms with Crippen LogP contribution in [0.5, 0.6) is 0 Å². The first-order valence-electron chi connectivity index (χ1n) is 5.51. The molecule has 1 nitrogen and oxygen atoms in total. The van der Waals surface area contributed by atoms with Gasteiger partial charge < -0.3 is 5.73 Å². The summed E-state index contributed by atoms with van der Waals surface area (Å²) in [4.78, 5) is 0. The lowest BCUT2D eigenvalue weighted by atomic mass is 9.84. The first kappa shape index (κ1) is 13.1. The van der Waals surface area contributed by atoms with Crippen molar-refractivity contribution in [3.63, 3.8) is 0 Å². The molecule has 1 aromatic rings. The van der Waals surface area contributed by atoms with Gasteiger partial charge in [0.2, 0.25) is 0 Å². The largest absolute Gasteiger partial charge is 0.327 e. The SMILES string of the molecule is CC(C)(C)C(N)CCc1cccc(F)c1F. The zero-order valence-corrected chi connectivity index (χ0v) is 10.1. The zero-order valence-electron chi connectivity index (χ0n) is 10.1. The van der Waals surface area contributed by atoms with Crippen molar-refractivity contribution in [2.75, 3.05) is 0 Å². The van der Waals surface area contributed by atoms with Crippen molar-refractivity contribution in [3.05, 3.63) is 35.4 Å². The van der Waals surface area contributed by atoms with Crippen molar-refractivity contribution in [2.45, 2.75) is 39.7 Å². The third kappa shape index (κ3) is 3.27. The van der Waals surface area contributed by atoms with Crippen LogP contribution in [0, 0.1) is 17.0 Å². The van der Waals surface area contributed by atoms with Gasteiger partial charge in [0, 0.05) is 6.04 Å². The summed E-state index contributed by atoms with van der Waals surface area (Å²) in [5, 5.41) is 0. The van der Waals surface area contributed by atoms with Gasteiger partial charge in [-0.2, -0.15) is 0 Å². The molecule has 1 unspecified atom stereocenters. The number of nitrogens with two attached hydrogens (primary N) is 1. The number of hydrogen-bond acceptors (Lipinski definition) is 1. The van der Waals surface area contributed by atoms with Gasteiger partial charge in [-0.15, -0.1) is 0 Å². The molecule has 0 aromatic heterocycles. The molecule has 0 fully saturated rings. The van der Waals surface area contributed by atoms with Crippen molar-refractivity contribution < 1.29 is 8.78 Å². The van der Waals surface area contributed by atoms with Crippen molar-refractivity contribution >= 4 is 0 Å². The molecule has 90 valence electrons. The van der Waals surface area contributed by atoms with Crippen LogP contribution in [0.2, 0.25) is 0 Å². The monoisotopic (exact) mass is 227 g/mol. The summed E-state index contributed by atoms with van der Waals surface area (Å²) in [7, 11) is 0. The van der Waals surface area contributed by atoms with Gasteiger partial charge in [-0.1, -0.05) is 32.9 Å². The van der Waals surface area contributed by atoms with E-state index in [1.165, 1.54) is 6.07 Å². The van der Waals surface area contributed by atoms with Crippen molar-refractivity contribution in [1.29, 1.82) is 0 Å². The lowest BCUT2D eigenvalue weighted by molar-refractivity contribution is 0.305. The molecule has 0 saturated carbocycles. The Kier molecular flexibility index (Phi) is 4.03. The van der Waals surface area contributed by atoms with E-state index in [1.807, 2.05) is 20.8 Å². The Labute approximate surface area is 95.7 Å². The molecule has 0 saturated heterocycles. The Morgan fingerprint density at radius 2 is 1.88 bits per heavy atom. The molecule has 0 bridgehead atoms. The molecule has 0 radical (unpaired) electrons. The minimum Gasteiger partial charge on any atom is -0.327 e. The number of halogens is 2. The van der Waals surface area contributed by atoms with Crippen LogP contribution in [0.25, 0.3) is 0 Å². The summed E-state index contributed by atoms with van der Waals surface area (Å²) in [6, 6.07) is 4.24. The Morgan fingerprint density at radius 3 is 2.44 bits per heavy atom. The quantitative estimate of drug-likeness (QED) is 0.842. The molecule has 0 aliphatic heterocycles. The fourth-order valence-electron chi connectivity index (χ4n) is 1.49. The minimum atomic E-state index is -0.790. The van der Waals surface area contributed by atoms with Gasteiger partial charge in [0.1, 0.15) is 0 Å². The molecule has 2 N–H and O–H groups in total. The summed E-state index contributed by atoms with van der Waals surface area (Å²) in [6.07, 6.45) is 1.13. The number of hydrogen-bond donors (Lipinski definition) is 1. The number of rotatable bonds is 3. The summed E-state index contributed by atoms with van der Waals surface area (Å²) in [5.74, 6) is -1.54. The van der Waals surface area contributed by atoms with Crippen LogP contribution >= 0.6 is 0 Å². The van der Waals surface area contributed by atoms with Crippen molar-refractivity contribution in [2.24, 2.45) is 11.1 Å². The maximum absolute atomic E-state index is 13.3. The van der Waals surface area contributed by atoms with Crippen LogP contribution in [0.15, 0.2) is 18.2 Å². The second-order valence-electron chi connectivity index (χ2n) is 5.22. The molecule has 0 aliphatic rings. The summed E-state index contributed by atoms with van der Waals surface area (Å²) < 4.78 is 26.3. The highest BCUT2D eigenvalue weighted by Crippen LogP contribution is 2.22. The second-order valence-corrected chi connectivity index (χ2v) is 5.22. The summed E-state index contributed by atoms with van der Waals surface area (Å²) in [6.45, 7) is 6.12. The lowest BCUT2D eigenvalue weighted by Gasteiger charge is -2.27. The van der Waals surface area contributed by atoms with E-state index in [0.29, 0.717) is 18.4 Å². The van der Waals surface area contributed by atoms with Crippen molar-refractivity contribution in [3.8, 4) is 0 Å². The van der Waals surface area contributed by atoms with Gasteiger partial charge >= 0.3 is 0 Å². The molecule has 1 aromatic carbocycles. The van der Waals surface area contributed by atoms with E-state index < -0.39 is 11.6 Å². The van der Waals surface area contributed by atoms with E-state index in [2.05, 4.69) is 0 Å². The third-order valence-electron chi connectivity index (χ3n) is 2.87. The second kappa shape index (κ2) is 4.91. The maximum atomic E-state index is 13.3. The minimum absolute atomic E-state index is 0.0101. The first-order valence-corrected chi connectivity index (χ1v) is 5.51. The average Bonchev–Trinajstić information content (AvgIpc) is 2.18. The molecular weight excluding hydrogens is 208 g/mol. The lowest BCUT2D eigenvalue weighted by Crippen LogP contribution is -2.35. The van der Waals surface area contributed by atoms with E-state index in [0.717, 1.165) is 6.07 Å². The molecule has 0 spiro atoms. The van der Waals surface area contributed by atoms with Crippen LogP contribution in [0.1, 0.15) is 32.8 Å².